The highest BCUT2D eigenvalue weighted by molar-refractivity contribution is 5.53. The molecule has 2 aliphatic rings. The first-order chi connectivity index (χ1) is 5.90. The summed E-state index contributed by atoms with van der Waals surface area (Å²) >= 11 is 0. The molecule has 0 amide bonds. The molecule has 0 saturated heterocycles. The quantitative estimate of drug-likeness (QED) is 0.663. The van der Waals surface area contributed by atoms with Crippen LogP contribution in [0.15, 0.2) is 0 Å². The summed E-state index contributed by atoms with van der Waals surface area (Å²) in [5.74, 6) is 2.67. The molecule has 1 aromatic heterocycles. The van der Waals surface area contributed by atoms with Crippen LogP contribution in [0.25, 0.3) is 0 Å². The van der Waals surface area contributed by atoms with Gasteiger partial charge in [0.1, 0.15) is 0 Å². The van der Waals surface area contributed by atoms with Crippen molar-refractivity contribution >= 4 is 5.82 Å². The molecular formula is C9H13N3. The van der Waals surface area contributed by atoms with E-state index in [0.29, 0.717) is 0 Å². The molecule has 1 aromatic rings. The number of hydrogen-bond donors (Lipinski definition) is 2. The first kappa shape index (κ1) is 6.52. The van der Waals surface area contributed by atoms with Crippen LogP contribution in [0, 0.1) is 0 Å². The van der Waals surface area contributed by atoms with Crippen molar-refractivity contribution in [2.24, 2.45) is 0 Å². The Hall–Kier alpha value is -0.990. The average molecular weight is 163 g/mol. The van der Waals surface area contributed by atoms with Gasteiger partial charge in [0.15, 0.2) is 5.82 Å². The van der Waals surface area contributed by atoms with Gasteiger partial charge in [-0.05, 0) is 25.2 Å². The minimum Gasteiger partial charge on any atom is -0.371 e. The van der Waals surface area contributed by atoms with Crippen molar-refractivity contribution in [1.82, 2.24) is 10.2 Å². The SMILES string of the molecule is CNc1n[nH]c2c1C1CCC2C1. The summed E-state index contributed by atoms with van der Waals surface area (Å²) in [6, 6.07) is 0. The molecular weight excluding hydrogens is 150 g/mol. The number of hydrogen-bond acceptors (Lipinski definition) is 2. The molecule has 1 heterocycles. The fourth-order valence-corrected chi connectivity index (χ4v) is 2.79. The van der Waals surface area contributed by atoms with E-state index in [4.69, 9.17) is 0 Å². The van der Waals surface area contributed by atoms with Gasteiger partial charge in [0.2, 0.25) is 0 Å². The summed E-state index contributed by atoms with van der Waals surface area (Å²) in [5, 5.41) is 10.6. The topological polar surface area (TPSA) is 40.7 Å². The summed E-state index contributed by atoms with van der Waals surface area (Å²) in [6.07, 6.45) is 4.09. The Kier molecular flexibility index (Phi) is 1.10. The fraction of sp³-hybridized carbons (Fsp3) is 0.667. The number of nitrogens with zero attached hydrogens (tertiary/aromatic N) is 1. The zero-order valence-electron chi connectivity index (χ0n) is 7.22. The Balaban J connectivity index is 2.16. The molecule has 2 N–H and O–H groups in total. The number of aromatic amines is 1. The van der Waals surface area contributed by atoms with E-state index in [9.17, 15) is 0 Å². The van der Waals surface area contributed by atoms with E-state index in [2.05, 4.69) is 15.5 Å². The van der Waals surface area contributed by atoms with Crippen LogP contribution < -0.4 is 5.32 Å². The lowest BCUT2D eigenvalue weighted by molar-refractivity contribution is 0.700. The third kappa shape index (κ3) is 0.601. The van der Waals surface area contributed by atoms with Crippen molar-refractivity contribution in [1.29, 1.82) is 0 Å². The molecule has 2 atom stereocenters. The smallest absolute Gasteiger partial charge is 0.151 e. The summed E-state index contributed by atoms with van der Waals surface area (Å²) in [5.41, 5.74) is 2.89. The van der Waals surface area contributed by atoms with Gasteiger partial charge in [-0.2, -0.15) is 5.10 Å². The Morgan fingerprint density at radius 1 is 1.42 bits per heavy atom. The predicted molar refractivity (Wildman–Crippen MR) is 47.5 cm³/mol. The van der Waals surface area contributed by atoms with Crippen molar-refractivity contribution in [3.05, 3.63) is 11.3 Å². The van der Waals surface area contributed by atoms with E-state index in [1.807, 2.05) is 7.05 Å². The number of rotatable bonds is 1. The molecule has 1 fully saturated rings. The molecule has 0 aromatic carbocycles. The first-order valence-corrected chi connectivity index (χ1v) is 4.66. The van der Waals surface area contributed by atoms with Crippen LogP contribution >= 0.6 is 0 Å². The van der Waals surface area contributed by atoms with Crippen LogP contribution in [0.3, 0.4) is 0 Å². The van der Waals surface area contributed by atoms with Gasteiger partial charge in [-0.3, -0.25) is 5.10 Å². The van der Waals surface area contributed by atoms with E-state index in [1.165, 1.54) is 30.5 Å². The molecule has 0 aliphatic heterocycles. The van der Waals surface area contributed by atoms with E-state index in [1.54, 1.807) is 0 Å². The van der Waals surface area contributed by atoms with Gasteiger partial charge >= 0.3 is 0 Å². The number of nitrogens with one attached hydrogen (secondary N) is 2. The highest BCUT2D eigenvalue weighted by Gasteiger charge is 2.40. The molecule has 3 heteroatoms. The van der Waals surface area contributed by atoms with Crippen molar-refractivity contribution < 1.29 is 0 Å². The second-order valence-electron chi connectivity index (χ2n) is 3.86. The van der Waals surface area contributed by atoms with Crippen LogP contribution in [0.2, 0.25) is 0 Å². The second kappa shape index (κ2) is 2.03. The van der Waals surface area contributed by atoms with Crippen LogP contribution in [-0.2, 0) is 0 Å². The lowest BCUT2D eigenvalue weighted by atomic mass is 9.97. The monoisotopic (exact) mass is 163 g/mol. The molecule has 64 valence electrons. The van der Waals surface area contributed by atoms with E-state index in [-0.39, 0.29) is 0 Å². The molecule has 3 nitrogen and oxygen atoms in total. The highest BCUT2D eigenvalue weighted by atomic mass is 15.2. The lowest BCUT2D eigenvalue weighted by Crippen LogP contribution is -1.98. The Morgan fingerprint density at radius 2 is 2.25 bits per heavy atom. The summed E-state index contributed by atoms with van der Waals surface area (Å²) in [7, 11) is 1.95. The Bertz CT molecular complexity index is 316. The van der Waals surface area contributed by atoms with Gasteiger partial charge in [0, 0.05) is 24.2 Å². The number of H-pyrrole nitrogens is 1. The minimum absolute atomic E-state index is 0.791. The van der Waals surface area contributed by atoms with Gasteiger partial charge in [-0.1, -0.05) is 0 Å². The standard InChI is InChI=1S/C9H13N3/c1-10-9-7-5-2-3-6(4-5)8(7)11-12-9/h5-6H,2-4H2,1H3,(H2,10,11,12). The predicted octanol–water partition coefficient (Wildman–Crippen LogP) is 1.82. The van der Waals surface area contributed by atoms with Crippen molar-refractivity contribution in [3.63, 3.8) is 0 Å². The van der Waals surface area contributed by atoms with E-state index >= 15 is 0 Å². The molecule has 0 spiro atoms. The Labute approximate surface area is 71.6 Å². The number of aromatic nitrogens is 2. The molecule has 12 heavy (non-hydrogen) atoms. The van der Waals surface area contributed by atoms with E-state index in [0.717, 1.165) is 17.7 Å². The van der Waals surface area contributed by atoms with Crippen molar-refractivity contribution in [2.45, 2.75) is 31.1 Å². The van der Waals surface area contributed by atoms with Crippen LogP contribution in [0.5, 0.6) is 0 Å². The van der Waals surface area contributed by atoms with Crippen molar-refractivity contribution in [2.75, 3.05) is 12.4 Å². The maximum Gasteiger partial charge on any atom is 0.151 e. The molecule has 1 saturated carbocycles. The highest BCUT2D eigenvalue weighted by Crippen LogP contribution is 2.54. The first-order valence-electron chi connectivity index (χ1n) is 4.66. The van der Waals surface area contributed by atoms with Gasteiger partial charge in [-0.15, -0.1) is 0 Å². The Morgan fingerprint density at radius 3 is 3.08 bits per heavy atom. The largest absolute Gasteiger partial charge is 0.371 e. The van der Waals surface area contributed by atoms with Gasteiger partial charge in [0.05, 0.1) is 0 Å². The summed E-state index contributed by atoms with van der Waals surface area (Å²) in [6.45, 7) is 0. The summed E-state index contributed by atoms with van der Waals surface area (Å²) < 4.78 is 0. The zero-order valence-corrected chi connectivity index (χ0v) is 7.22. The molecule has 2 bridgehead atoms. The third-order valence-electron chi connectivity index (χ3n) is 3.32. The minimum atomic E-state index is 0.791. The molecule has 0 radical (unpaired) electrons. The average Bonchev–Trinajstić information content (AvgIpc) is 2.76. The van der Waals surface area contributed by atoms with Gasteiger partial charge in [-0.25, -0.2) is 0 Å². The zero-order chi connectivity index (χ0) is 8.13. The summed E-state index contributed by atoms with van der Waals surface area (Å²) in [4.78, 5) is 0. The van der Waals surface area contributed by atoms with Gasteiger partial charge < -0.3 is 5.32 Å². The van der Waals surface area contributed by atoms with Crippen LogP contribution in [0.4, 0.5) is 5.82 Å². The van der Waals surface area contributed by atoms with Gasteiger partial charge in [0.25, 0.3) is 0 Å². The second-order valence-corrected chi connectivity index (χ2v) is 3.86. The number of fused-ring (bicyclic) bond motifs is 5. The number of anilines is 1. The lowest BCUT2D eigenvalue weighted by Gasteiger charge is -2.09. The molecule has 3 rings (SSSR count). The normalized spacial score (nSPS) is 30.8. The third-order valence-corrected chi connectivity index (χ3v) is 3.32. The van der Waals surface area contributed by atoms with Crippen LogP contribution in [0.1, 0.15) is 42.4 Å². The molecule has 2 unspecified atom stereocenters. The fourth-order valence-electron chi connectivity index (χ4n) is 2.79. The maximum atomic E-state index is 4.26. The van der Waals surface area contributed by atoms with E-state index < -0.39 is 0 Å². The van der Waals surface area contributed by atoms with Crippen molar-refractivity contribution in [3.8, 4) is 0 Å². The maximum absolute atomic E-state index is 4.26. The molecule has 2 aliphatic carbocycles. The van der Waals surface area contributed by atoms with Crippen LogP contribution in [-0.4, -0.2) is 17.2 Å².